The van der Waals surface area contributed by atoms with Crippen LogP contribution >= 0.6 is 12.2 Å². The molecule has 1 atom stereocenters. The van der Waals surface area contributed by atoms with E-state index < -0.39 is 5.82 Å². The Bertz CT molecular complexity index is 518. The third-order valence-electron chi connectivity index (χ3n) is 3.53. The van der Waals surface area contributed by atoms with Crippen molar-refractivity contribution in [3.63, 3.8) is 0 Å². The number of hydrogen-bond acceptors (Lipinski definition) is 2. The van der Waals surface area contributed by atoms with Crippen molar-refractivity contribution in [2.24, 2.45) is 11.7 Å². The standard InChI is InChI=1S/C14H17FN2OS/c1-9-4-2-6-11(12(9)15)14(18)17-7-3-5-10(8-17)13(16)19/h2,4,6,10H,3,5,7-8H2,1H3,(H2,16,19). The summed E-state index contributed by atoms with van der Waals surface area (Å²) in [6.07, 6.45) is 1.75. The maximum atomic E-state index is 14.0. The predicted octanol–water partition coefficient (Wildman–Crippen LogP) is 2.27. The van der Waals surface area contributed by atoms with Crippen molar-refractivity contribution in [1.29, 1.82) is 0 Å². The van der Waals surface area contributed by atoms with Crippen LogP contribution in [0.5, 0.6) is 0 Å². The SMILES string of the molecule is Cc1cccc(C(=O)N2CCCC(C(N)=S)C2)c1F. The molecule has 0 aliphatic carbocycles. The van der Waals surface area contributed by atoms with Crippen molar-refractivity contribution in [3.05, 3.63) is 35.1 Å². The van der Waals surface area contributed by atoms with E-state index in [0.717, 1.165) is 12.8 Å². The third kappa shape index (κ3) is 2.92. The molecule has 1 amide bonds. The molecule has 1 unspecified atom stereocenters. The number of halogens is 1. The van der Waals surface area contributed by atoms with E-state index in [1.165, 1.54) is 6.07 Å². The Kier molecular flexibility index (Phi) is 4.14. The molecule has 1 fully saturated rings. The molecule has 1 aliphatic heterocycles. The number of carbonyl (C=O) groups is 1. The summed E-state index contributed by atoms with van der Waals surface area (Å²) in [6, 6.07) is 4.87. The Balaban J connectivity index is 2.19. The first-order valence-corrected chi connectivity index (χ1v) is 6.75. The second-order valence-corrected chi connectivity index (χ2v) is 5.40. The molecule has 102 valence electrons. The zero-order valence-electron chi connectivity index (χ0n) is 10.9. The lowest BCUT2D eigenvalue weighted by Gasteiger charge is -2.32. The highest BCUT2D eigenvalue weighted by atomic mass is 32.1. The minimum Gasteiger partial charge on any atom is -0.393 e. The maximum absolute atomic E-state index is 14.0. The number of piperidine rings is 1. The lowest BCUT2D eigenvalue weighted by Crippen LogP contribution is -2.43. The van der Waals surface area contributed by atoms with Gasteiger partial charge in [-0.15, -0.1) is 0 Å². The molecular formula is C14H17FN2OS. The van der Waals surface area contributed by atoms with Crippen LogP contribution in [-0.4, -0.2) is 28.9 Å². The van der Waals surface area contributed by atoms with Crippen LogP contribution in [0.1, 0.15) is 28.8 Å². The Hall–Kier alpha value is -1.49. The van der Waals surface area contributed by atoms with Crippen LogP contribution in [0.3, 0.4) is 0 Å². The van der Waals surface area contributed by atoms with Gasteiger partial charge in [0.2, 0.25) is 0 Å². The van der Waals surface area contributed by atoms with Gasteiger partial charge in [-0.05, 0) is 31.4 Å². The van der Waals surface area contributed by atoms with Crippen molar-refractivity contribution in [2.45, 2.75) is 19.8 Å². The van der Waals surface area contributed by atoms with Gasteiger partial charge in [-0.2, -0.15) is 0 Å². The quantitative estimate of drug-likeness (QED) is 0.845. The van der Waals surface area contributed by atoms with Crippen molar-refractivity contribution in [3.8, 4) is 0 Å². The van der Waals surface area contributed by atoms with E-state index in [1.807, 2.05) is 0 Å². The molecule has 1 saturated heterocycles. The molecule has 2 rings (SSSR count). The van der Waals surface area contributed by atoms with E-state index in [0.29, 0.717) is 23.6 Å². The molecule has 1 aromatic carbocycles. The Morgan fingerprint density at radius 2 is 2.26 bits per heavy atom. The monoisotopic (exact) mass is 280 g/mol. The van der Waals surface area contributed by atoms with Gasteiger partial charge in [0.05, 0.1) is 10.6 Å². The zero-order valence-corrected chi connectivity index (χ0v) is 11.7. The minimum atomic E-state index is -0.440. The fourth-order valence-corrected chi connectivity index (χ4v) is 2.57. The van der Waals surface area contributed by atoms with E-state index in [2.05, 4.69) is 0 Å². The van der Waals surface area contributed by atoms with Gasteiger partial charge < -0.3 is 10.6 Å². The number of nitrogens with two attached hydrogens (primary N) is 1. The highest BCUT2D eigenvalue weighted by Gasteiger charge is 2.27. The van der Waals surface area contributed by atoms with Crippen LogP contribution in [0.15, 0.2) is 18.2 Å². The highest BCUT2D eigenvalue weighted by molar-refractivity contribution is 7.80. The summed E-state index contributed by atoms with van der Waals surface area (Å²) in [7, 11) is 0. The van der Waals surface area contributed by atoms with E-state index in [-0.39, 0.29) is 17.4 Å². The van der Waals surface area contributed by atoms with Gasteiger partial charge in [-0.3, -0.25) is 4.79 Å². The van der Waals surface area contributed by atoms with Crippen molar-refractivity contribution < 1.29 is 9.18 Å². The number of carbonyl (C=O) groups excluding carboxylic acids is 1. The summed E-state index contributed by atoms with van der Waals surface area (Å²) >= 11 is 4.98. The third-order valence-corrected chi connectivity index (χ3v) is 3.87. The molecule has 1 aliphatic rings. The predicted molar refractivity (Wildman–Crippen MR) is 76.5 cm³/mol. The van der Waals surface area contributed by atoms with Crippen molar-refractivity contribution in [1.82, 2.24) is 4.90 Å². The highest BCUT2D eigenvalue weighted by Crippen LogP contribution is 2.21. The number of hydrogen-bond donors (Lipinski definition) is 1. The molecule has 0 aromatic heterocycles. The summed E-state index contributed by atoms with van der Waals surface area (Å²) in [4.78, 5) is 14.4. The van der Waals surface area contributed by atoms with Crippen LogP contribution in [0.25, 0.3) is 0 Å². The number of aryl methyl sites for hydroxylation is 1. The topological polar surface area (TPSA) is 46.3 Å². The lowest BCUT2D eigenvalue weighted by atomic mass is 9.97. The number of nitrogens with zero attached hydrogens (tertiary/aromatic N) is 1. The Morgan fingerprint density at radius 3 is 2.95 bits per heavy atom. The summed E-state index contributed by atoms with van der Waals surface area (Å²) in [5, 5.41) is 0. The summed E-state index contributed by atoms with van der Waals surface area (Å²) in [5.74, 6) is -0.673. The normalized spacial score (nSPS) is 19.3. The number of amides is 1. The minimum absolute atomic E-state index is 0.0422. The summed E-state index contributed by atoms with van der Waals surface area (Å²) in [6.45, 7) is 2.77. The first kappa shape index (κ1) is 13.9. The fourth-order valence-electron chi connectivity index (χ4n) is 2.38. The second kappa shape index (κ2) is 5.65. The maximum Gasteiger partial charge on any atom is 0.256 e. The van der Waals surface area contributed by atoms with E-state index in [1.54, 1.807) is 24.0 Å². The van der Waals surface area contributed by atoms with Gasteiger partial charge in [0, 0.05) is 19.0 Å². The smallest absolute Gasteiger partial charge is 0.256 e. The molecule has 1 aromatic rings. The van der Waals surface area contributed by atoms with E-state index in [9.17, 15) is 9.18 Å². The average molecular weight is 280 g/mol. The molecule has 5 heteroatoms. The van der Waals surface area contributed by atoms with Gasteiger partial charge in [0.25, 0.3) is 5.91 Å². The molecule has 0 saturated carbocycles. The van der Waals surface area contributed by atoms with Gasteiger partial charge in [0.1, 0.15) is 5.82 Å². The molecule has 0 bridgehead atoms. The average Bonchev–Trinajstić information content (AvgIpc) is 2.41. The van der Waals surface area contributed by atoms with Gasteiger partial charge in [-0.1, -0.05) is 24.4 Å². The number of thiocarbonyl (C=S) groups is 1. The molecular weight excluding hydrogens is 263 g/mol. The summed E-state index contributed by atoms with van der Waals surface area (Å²) < 4.78 is 14.0. The Morgan fingerprint density at radius 1 is 1.53 bits per heavy atom. The zero-order chi connectivity index (χ0) is 14.0. The molecule has 0 radical (unpaired) electrons. The van der Waals surface area contributed by atoms with Gasteiger partial charge in [-0.25, -0.2) is 4.39 Å². The largest absolute Gasteiger partial charge is 0.393 e. The van der Waals surface area contributed by atoms with Gasteiger partial charge >= 0.3 is 0 Å². The van der Waals surface area contributed by atoms with E-state index >= 15 is 0 Å². The molecule has 19 heavy (non-hydrogen) atoms. The van der Waals surface area contributed by atoms with Crippen LogP contribution in [-0.2, 0) is 0 Å². The van der Waals surface area contributed by atoms with Crippen molar-refractivity contribution in [2.75, 3.05) is 13.1 Å². The lowest BCUT2D eigenvalue weighted by molar-refractivity contribution is 0.0698. The molecule has 2 N–H and O–H groups in total. The second-order valence-electron chi connectivity index (χ2n) is 4.93. The number of benzene rings is 1. The molecule has 0 spiro atoms. The number of likely N-dealkylation sites (tertiary alicyclic amines) is 1. The van der Waals surface area contributed by atoms with Crippen molar-refractivity contribution >= 4 is 23.1 Å². The van der Waals surface area contributed by atoms with Crippen LogP contribution in [0.2, 0.25) is 0 Å². The molecule has 3 nitrogen and oxygen atoms in total. The Labute approximate surface area is 117 Å². The number of rotatable bonds is 2. The first-order valence-electron chi connectivity index (χ1n) is 6.34. The van der Waals surface area contributed by atoms with Crippen LogP contribution in [0, 0.1) is 18.7 Å². The van der Waals surface area contributed by atoms with E-state index in [4.69, 9.17) is 18.0 Å². The molecule has 1 heterocycles. The van der Waals surface area contributed by atoms with Gasteiger partial charge in [0.15, 0.2) is 0 Å². The fraction of sp³-hybridized carbons (Fsp3) is 0.429. The van der Waals surface area contributed by atoms with Crippen LogP contribution in [0.4, 0.5) is 4.39 Å². The van der Waals surface area contributed by atoms with Crippen LogP contribution < -0.4 is 5.73 Å². The first-order chi connectivity index (χ1) is 9.00. The summed E-state index contributed by atoms with van der Waals surface area (Å²) in [5.41, 5.74) is 6.25.